The molecule has 2 N–H and O–H groups in total. The second-order valence-electron chi connectivity index (χ2n) is 3.22. The average molecular weight is 170 g/mol. The van der Waals surface area contributed by atoms with Crippen LogP contribution in [0.4, 0.5) is 0 Å². The van der Waals surface area contributed by atoms with Crippen molar-refractivity contribution in [3.63, 3.8) is 0 Å². The fourth-order valence-corrected chi connectivity index (χ4v) is 1.75. The van der Waals surface area contributed by atoms with E-state index < -0.39 is 5.97 Å². The molecule has 0 amide bonds. The van der Waals surface area contributed by atoms with E-state index in [9.17, 15) is 4.79 Å². The molecule has 0 radical (unpaired) electrons. The van der Waals surface area contributed by atoms with Gasteiger partial charge in [0.2, 0.25) is 0 Å². The molecule has 0 aromatic rings. The first kappa shape index (κ1) is 9.10. The van der Waals surface area contributed by atoms with Crippen LogP contribution in [0, 0.1) is 5.92 Å². The number of hydrogen-bond acceptors (Lipinski definition) is 2. The molecule has 0 aromatic heterocycles. The van der Waals surface area contributed by atoms with Crippen LogP contribution in [0.25, 0.3) is 0 Å². The molecule has 0 atom stereocenters. The molecule has 12 heavy (non-hydrogen) atoms. The quantitative estimate of drug-likeness (QED) is 0.492. The molecular weight excluding hydrogens is 156 g/mol. The molecule has 3 nitrogen and oxygen atoms in total. The monoisotopic (exact) mass is 170 g/mol. The summed E-state index contributed by atoms with van der Waals surface area (Å²) in [7, 11) is 0. The summed E-state index contributed by atoms with van der Waals surface area (Å²) in [5, 5.41) is 17.4. The van der Waals surface area contributed by atoms with E-state index in [0.717, 1.165) is 31.9 Å². The summed E-state index contributed by atoms with van der Waals surface area (Å²) < 4.78 is 0. The number of rotatable bonds is 2. The van der Waals surface area contributed by atoms with Gasteiger partial charge in [0.15, 0.2) is 0 Å². The fourth-order valence-electron chi connectivity index (χ4n) is 1.75. The van der Waals surface area contributed by atoms with E-state index in [2.05, 4.69) is 0 Å². The standard InChI is InChI=1S/C9H14O3/c10-6-8(9(11)12)7-4-2-1-3-5-7/h6-7,10H,1-5H2,(H,11,12). The molecule has 0 saturated heterocycles. The van der Waals surface area contributed by atoms with Gasteiger partial charge in [0, 0.05) is 0 Å². The van der Waals surface area contributed by atoms with Gasteiger partial charge in [-0.15, -0.1) is 0 Å². The highest BCUT2D eigenvalue weighted by Gasteiger charge is 2.22. The first-order chi connectivity index (χ1) is 5.75. The van der Waals surface area contributed by atoms with Crippen LogP contribution in [0.5, 0.6) is 0 Å². The molecule has 0 heterocycles. The van der Waals surface area contributed by atoms with Gasteiger partial charge in [-0.05, 0) is 18.8 Å². The molecule has 3 heteroatoms. The third-order valence-corrected chi connectivity index (χ3v) is 2.43. The summed E-state index contributed by atoms with van der Waals surface area (Å²) in [5.74, 6) is -0.911. The van der Waals surface area contributed by atoms with Crippen LogP contribution in [0.1, 0.15) is 32.1 Å². The molecule has 1 saturated carbocycles. The zero-order valence-electron chi connectivity index (χ0n) is 6.99. The highest BCUT2D eigenvalue weighted by atomic mass is 16.4. The van der Waals surface area contributed by atoms with E-state index in [1.54, 1.807) is 0 Å². The largest absolute Gasteiger partial charge is 0.515 e. The Hall–Kier alpha value is -0.990. The highest BCUT2D eigenvalue weighted by molar-refractivity contribution is 5.86. The fraction of sp³-hybridized carbons (Fsp3) is 0.667. The Morgan fingerprint density at radius 2 is 1.83 bits per heavy atom. The van der Waals surface area contributed by atoms with Crippen molar-refractivity contribution in [3.8, 4) is 0 Å². The van der Waals surface area contributed by atoms with Crippen molar-refractivity contribution in [3.05, 3.63) is 11.8 Å². The SMILES string of the molecule is O=C(O)C(=CO)C1CCCCC1. The van der Waals surface area contributed by atoms with E-state index in [4.69, 9.17) is 10.2 Å². The minimum Gasteiger partial charge on any atom is -0.515 e. The Kier molecular flexibility index (Phi) is 3.14. The van der Waals surface area contributed by atoms with Crippen LogP contribution >= 0.6 is 0 Å². The maximum Gasteiger partial charge on any atom is 0.334 e. The summed E-state index contributed by atoms with van der Waals surface area (Å²) in [4.78, 5) is 10.6. The summed E-state index contributed by atoms with van der Waals surface area (Å²) >= 11 is 0. The normalized spacial score (nSPS) is 20.8. The van der Waals surface area contributed by atoms with E-state index in [-0.39, 0.29) is 11.5 Å². The van der Waals surface area contributed by atoms with Crippen molar-refractivity contribution in [2.75, 3.05) is 0 Å². The van der Waals surface area contributed by atoms with Gasteiger partial charge in [-0.25, -0.2) is 4.79 Å². The van der Waals surface area contributed by atoms with E-state index in [1.165, 1.54) is 6.42 Å². The van der Waals surface area contributed by atoms with Crippen LogP contribution < -0.4 is 0 Å². The molecule has 1 fully saturated rings. The number of hydrogen-bond donors (Lipinski definition) is 2. The van der Waals surface area contributed by atoms with Gasteiger partial charge in [-0.2, -0.15) is 0 Å². The molecule has 0 spiro atoms. The Morgan fingerprint density at radius 3 is 2.25 bits per heavy atom. The van der Waals surface area contributed by atoms with Crippen molar-refractivity contribution < 1.29 is 15.0 Å². The van der Waals surface area contributed by atoms with Crippen LogP contribution in [-0.4, -0.2) is 16.2 Å². The van der Waals surface area contributed by atoms with Crippen molar-refractivity contribution in [1.29, 1.82) is 0 Å². The Balaban J connectivity index is 2.59. The minimum atomic E-state index is -0.982. The van der Waals surface area contributed by atoms with Gasteiger partial charge in [0.25, 0.3) is 0 Å². The number of carbonyl (C=O) groups is 1. The topological polar surface area (TPSA) is 57.5 Å². The number of aliphatic hydroxyl groups is 1. The molecular formula is C9H14O3. The Morgan fingerprint density at radius 1 is 1.25 bits per heavy atom. The summed E-state index contributed by atoms with van der Waals surface area (Å²) in [5.41, 5.74) is 0.176. The molecule has 0 unspecified atom stereocenters. The lowest BCUT2D eigenvalue weighted by molar-refractivity contribution is -0.133. The van der Waals surface area contributed by atoms with Gasteiger partial charge in [-0.3, -0.25) is 0 Å². The molecule has 1 aliphatic carbocycles. The van der Waals surface area contributed by atoms with E-state index >= 15 is 0 Å². The summed E-state index contributed by atoms with van der Waals surface area (Å²) in [6, 6.07) is 0. The number of aliphatic carboxylic acids is 1. The number of carboxylic acids is 1. The third kappa shape index (κ3) is 2.00. The smallest absolute Gasteiger partial charge is 0.334 e. The predicted molar refractivity (Wildman–Crippen MR) is 44.9 cm³/mol. The van der Waals surface area contributed by atoms with Crippen LogP contribution in [0.15, 0.2) is 11.8 Å². The van der Waals surface area contributed by atoms with Gasteiger partial charge in [-0.1, -0.05) is 19.3 Å². The Labute approximate surface area is 71.7 Å². The van der Waals surface area contributed by atoms with Crippen molar-refractivity contribution >= 4 is 5.97 Å². The van der Waals surface area contributed by atoms with Gasteiger partial charge < -0.3 is 10.2 Å². The maximum atomic E-state index is 10.6. The zero-order chi connectivity index (χ0) is 8.97. The molecule has 68 valence electrons. The maximum absolute atomic E-state index is 10.6. The van der Waals surface area contributed by atoms with E-state index in [1.807, 2.05) is 0 Å². The molecule has 1 rings (SSSR count). The predicted octanol–water partition coefficient (Wildman–Crippen LogP) is 2.09. The summed E-state index contributed by atoms with van der Waals surface area (Å²) in [6.07, 6.45) is 5.90. The highest BCUT2D eigenvalue weighted by Crippen LogP contribution is 2.29. The lowest BCUT2D eigenvalue weighted by atomic mass is 9.84. The van der Waals surface area contributed by atoms with Crippen LogP contribution in [0.3, 0.4) is 0 Å². The molecule has 0 bridgehead atoms. The van der Waals surface area contributed by atoms with Crippen molar-refractivity contribution in [2.45, 2.75) is 32.1 Å². The third-order valence-electron chi connectivity index (χ3n) is 2.43. The first-order valence-electron chi connectivity index (χ1n) is 4.33. The van der Waals surface area contributed by atoms with Crippen LogP contribution in [-0.2, 0) is 4.79 Å². The second kappa shape index (κ2) is 4.14. The average Bonchev–Trinajstić information content (AvgIpc) is 2.07. The minimum absolute atomic E-state index is 0.0706. The van der Waals surface area contributed by atoms with Gasteiger partial charge >= 0.3 is 5.97 Å². The second-order valence-corrected chi connectivity index (χ2v) is 3.22. The van der Waals surface area contributed by atoms with Gasteiger partial charge in [0.1, 0.15) is 0 Å². The Bertz CT molecular complexity index is 190. The first-order valence-corrected chi connectivity index (χ1v) is 4.33. The molecule has 0 aromatic carbocycles. The molecule has 1 aliphatic rings. The van der Waals surface area contributed by atoms with Crippen molar-refractivity contribution in [2.24, 2.45) is 5.92 Å². The lowest BCUT2D eigenvalue weighted by Gasteiger charge is -2.21. The zero-order valence-corrected chi connectivity index (χ0v) is 6.99. The lowest BCUT2D eigenvalue weighted by Crippen LogP contribution is -2.15. The summed E-state index contributed by atoms with van der Waals surface area (Å²) in [6.45, 7) is 0. The van der Waals surface area contributed by atoms with Crippen molar-refractivity contribution in [1.82, 2.24) is 0 Å². The molecule has 0 aliphatic heterocycles. The van der Waals surface area contributed by atoms with Crippen LogP contribution in [0.2, 0.25) is 0 Å². The number of carboxylic acid groups (broad SMARTS) is 1. The van der Waals surface area contributed by atoms with E-state index in [0.29, 0.717) is 0 Å². The number of aliphatic hydroxyl groups excluding tert-OH is 1. The van der Waals surface area contributed by atoms with Gasteiger partial charge in [0.05, 0.1) is 11.8 Å².